The highest BCUT2D eigenvalue weighted by Gasteiger charge is 2.31. The van der Waals surface area contributed by atoms with E-state index in [1.807, 2.05) is 6.07 Å². The van der Waals surface area contributed by atoms with Crippen molar-refractivity contribution < 1.29 is 9.50 Å². The average molecular weight is 279 g/mol. The molecule has 0 radical (unpaired) electrons. The maximum atomic E-state index is 13.3. The van der Waals surface area contributed by atoms with Crippen molar-refractivity contribution in [1.82, 2.24) is 9.88 Å². The van der Waals surface area contributed by atoms with E-state index in [2.05, 4.69) is 14.8 Å². The molecule has 0 aromatic carbocycles. The first-order valence-corrected chi connectivity index (χ1v) is 7.52. The first-order chi connectivity index (χ1) is 9.78. The smallest absolute Gasteiger partial charge is 0.214 e. The van der Waals surface area contributed by atoms with Gasteiger partial charge in [0.15, 0.2) is 0 Å². The Balaban J connectivity index is 1.69. The van der Waals surface area contributed by atoms with E-state index in [9.17, 15) is 9.50 Å². The molecular weight excluding hydrogens is 257 g/mol. The standard InChI is InChI=1S/C15H22FN3O/c16-14-6-1-7-15(17-14)19-9-3-4-12(19)10-18-8-2-5-13(18)11-20/h1,6-7,12-13,20H,2-5,8-11H2. The van der Waals surface area contributed by atoms with Crippen LogP contribution in [0.4, 0.5) is 10.2 Å². The van der Waals surface area contributed by atoms with Crippen molar-refractivity contribution in [3.63, 3.8) is 0 Å². The summed E-state index contributed by atoms with van der Waals surface area (Å²) in [6.45, 7) is 3.19. The third-order valence-corrected chi connectivity index (χ3v) is 4.53. The van der Waals surface area contributed by atoms with Gasteiger partial charge in [-0.25, -0.2) is 4.98 Å². The lowest BCUT2D eigenvalue weighted by molar-refractivity contribution is 0.153. The zero-order valence-corrected chi connectivity index (χ0v) is 11.7. The lowest BCUT2D eigenvalue weighted by Gasteiger charge is -2.31. The molecule has 110 valence electrons. The normalized spacial score (nSPS) is 27.4. The Morgan fingerprint density at radius 3 is 2.80 bits per heavy atom. The zero-order chi connectivity index (χ0) is 13.9. The third kappa shape index (κ3) is 2.79. The number of anilines is 1. The van der Waals surface area contributed by atoms with Gasteiger partial charge in [0.05, 0.1) is 6.61 Å². The van der Waals surface area contributed by atoms with Crippen molar-refractivity contribution in [1.29, 1.82) is 0 Å². The maximum absolute atomic E-state index is 13.3. The fourth-order valence-electron chi connectivity index (χ4n) is 3.50. The van der Waals surface area contributed by atoms with Crippen LogP contribution in [0.15, 0.2) is 18.2 Å². The number of hydrogen-bond acceptors (Lipinski definition) is 4. The summed E-state index contributed by atoms with van der Waals surface area (Å²) < 4.78 is 13.3. The number of likely N-dealkylation sites (tertiary alicyclic amines) is 1. The highest BCUT2D eigenvalue weighted by Crippen LogP contribution is 2.27. The summed E-state index contributed by atoms with van der Waals surface area (Å²) in [5, 5.41) is 9.41. The summed E-state index contributed by atoms with van der Waals surface area (Å²) in [5.74, 6) is 0.329. The molecule has 2 atom stereocenters. The minimum atomic E-state index is -0.414. The molecule has 0 saturated carbocycles. The first kappa shape index (κ1) is 13.8. The summed E-state index contributed by atoms with van der Waals surface area (Å²) in [7, 11) is 0. The Labute approximate surface area is 119 Å². The molecule has 2 fully saturated rings. The van der Waals surface area contributed by atoms with Crippen LogP contribution in [0.3, 0.4) is 0 Å². The minimum Gasteiger partial charge on any atom is -0.395 e. The topological polar surface area (TPSA) is 39.6 Å². The number of aromatic nitrogens is 1. The van der Waals surface area contributed by atoms with Gasteiger partial charge in [-0.15, -0.1) is 0 Å². The summed E-state index contributed by atoms with van der Waals surface area (Å²) in [4.78, 5) is 8.61. The highest BCUT2D eigenvalue weighted by molar-refractivity contribution is 5.40. The second-order valence-electron chi connectivity index (χ2n) is 5.78. The molecule has 0 bridgehead atoms. The molecule has 2 aliphatic rings. The predicted octanol–water partition coefficient (Wildman–Crippen LogP) is 1.65. The number of nitrogens with zero attached hydrogens (tertiary/aromatic N) is 3. The fraction of sp³-hybridized carbons (Fsp3) is 0.667. The van der Waals surface area contributed by atoms with Gasteiger partial charge in [0, 0.05) is 25.2 Å². The summed E-state index contributed by atoms with van der Waals surface area (Å²) >= 11 is 0. The Morgan fingerprint density at radius 1 is 1.20 bits per heavy atom. The molecule has 20 heavy (non-hydrogen) atoms. The Hall–Kier alpha value is -1.20. The zero-order valence-electron chi connectivity index (χ0n) is 11.7. The first-order valence-electron chi connectivity index (χ1n) is 7.52. The van der Waals surface area contributed by atoms with Gasteiger partial charge >= 0.3 is 0 Å². The Morgan fingerprint density at radius 2 is 2.00 bits per heavy atom. The second kappa shape index (κ2) is 6.06. The lowest BCUT2D eigenvalue weighted by atomic mass is 10.2. The largest absolute Gasteiger partial charge is 0.395 e. The summed E-state index contributed by atoms with van der Waals surface area (Å²) in [5.41, 5.74) is 0. The van der Waals surface area contributed by atoms with E-state index in [4.69, 9.17) is 0 Å². The van der Waals surface area contributed by atoms with Crippen LogP contribution < -0.4 is 4.90 Å². The van der Waals surface area contributed by atoms with Crippen LogP contribution in [0.25, 0.3) is 0 Å². The molecule has 3 rings (SSSR count). The average Bonchev–Trinajstić information content (AvgIpc) is 3.08. The van der Waals surface area contributed by atoms with E-state index in [1.165, 1.54) is 6.07 Å². The molecule has 5 heteroatoms. The van der Waals surface area contributed by atoms with Gasteiger partial charge in [0.1, 0.15) is 5.82 Å². The van der Waals surface area contributed by atoms with Crippen molar-refractivity contribution in [3.8, 4) is 0 Å². The van der Waals surface area contributed by atoms with Crippen molar-refractivity contribution in [2.45, 2.75) is 37.8 Å². The van der Waals surface area contributed by atoms with E-state index in [0.717, 1.165) is 51.1 Å². The molecule has 1 N–H and O–H groups in total. The quantitative estimate of drug-likeness (QED) is 0.851. The molecule has 2 saturated heterocycles. The molecule has 2 unspecified atom stereocenters. The van der Waals surface area contributed by atoms with Crippen LogP contribution in [0.2, 0.25) is 0 Å². The Kier molecular flexibility index (Phi) is 4.17. The fourth-order valence-corrected chi connectivity index (χ4v) is 3.50. The predicted molar refractivity (Wildman–Crippen MR) is 76.2 cm³/mol. The van der Waals surface area contributed by atoms with Crippen LogP contribution in [-0.4, -0.2) is 53.3 Å². The molecule has 1 aromatic heterocycles. The molecule has 1 aromatic rings. The van der Waals surface area contributed by atoms with Crippen molar-refractivity contribution in [3.05, 3.63) is 24.1 Å². The molecular formula is C15H22FN3O. The van der Waals surface area contributed by atoms with Crippen LogP contribution in [0, 0.1) is 5.95 Å². The van der Waals surface area contributed by atoms with Crippen molar-refractivity contribution in [2.24, 2.45) is 0 Å². The molecule has 3 heterocycles. The number of hydrogen-bond donors (Lipinski definition) is 1. The second-order valence-corrected chi connectivity index (χ2v) is 5.78. The minimum absolute atomic E-state index is 0.241. The molecule has 0 aliphatic carbocycles. The van der Waals surface area contributed by atoms with E-state index in [0.29, 0.717) is 12.1 Å². The highest BCUT2D eigenvalue weighted by atomic mass is 19.1. The molecule has 0 spiro atoms. The van der Waals surface area contributed by atoms with Gasteiger partial charge in [0.25, 0.3) is 0 Å². The number of pyridine rings is 1. The van der Waals surface area contributed by atoms with Gasteiger partial charge in [-0.3, -0.25) is 4.90 Å². The van der Waals surface area contributed by atoms with E-state index >= 15 is 0 Å². The lowest BCUT2D eigenvalue weighted by Crippen LogP contribution is -2.43. The van der Waals surface area contributed by atoms with Crippen LogP contribution in [0.1, 0.15) is 25.7 Å². The van der Waals surface area contributed by atoms with Gasteiger partial charge in [-0.2, -0.15) is 4.39 Å². The van der Waals surface area contributed by atoms with Gasteiger partial charge < -0.3 is 10.0 Å². The number of aliphatic hydroxyl groups is 1. The van der Waals surface area contributed by atoms with Gasteiger partial charge in [-0.1, -0.05) is 6.07 Å². The number of halogens is 1. The maximum Gasteiger partial charge on any atom is 0.214 e. The van der Waals surface area contributed by atoms with Crippen molar-refractivity contribution >= 4 is 5.82 Å². The van der Waals surface area contributed by atoms with Gasteiger partial charge in [-0.05, 0) is 44.4 Å². The van der Waals surface area contributed by atoms with Crippen LogP contribution >= 0.6 is 0 Å². The van der Waals surface area contributed by atoms with E-state index in [1.54, 1.807) is 6.07 Å². The Bertz CT molecular complexity index is 456. The number of aliphatic hydroxyl groups excluding tert-OH is 1. The molecule has 2 aliphatic heterocycles. The van der Waals surface area contributed by atoms with Crippen LogP contribution in [-0.2, 0) is 0 Å². The molecule has 0 amide bonds. The summed E-state index contributed by atoms with van der Waals surface area (Å²) in [6.07, 6.45) is 4.49. The summed E-state index contributed by atoms with van der Waals surface area (Å²) in [6, 6.07) is 5.68. The monoisotopic (exact) mass is 279 g/mol. The van der Waals surface area contributed by atoms with Crippen molar-refractivity contribution in [2.75, 3.05) is 31.1 Å². The number of rotatable bonds is 4. The molecule has 4 nitrogen and oxygen atoms in total. The third-order valence-electron chi connectivity index (χ3n) is 4.53. The van der Waals surface area contributed by atoms with Crippen LogP contribution in [0.5, 0.6) is 0 Å². The van der Waals surface area contributed by atoms with Gasteiger partial charge in [0.2, 0.25) is 5.95 Å². The van der Waals surface area contributed by atoms with E-state index < -0.39 is 5.95 Å². The van der Waals surface area contributed by atoms with E-state index in [-0.39, 0.29) is 6.61 Å². The SMILES string of the molecule is OCC1CCCN1CC1CCCN1c1cccc(F)n1.